The van der Waals surface area contributed by atoms with Crippen LogP contribution in [0.2, 0.25) is 0 Å². The predicted molar refractivity (Wildman–Crippen MR) is 125 cm³/mol. The molecule has 1 N–H and O–H groups in total. The zero-order chi connectivity index (χ0) is 22.4. The van der Waals surface area contributed by atoms with Crippen molar-refractivity contribution in [2.75, 3.05) is 7.11 Å². The number of piperidine rings is 1. The van der Waals surface area contributed by atoms with Gasteiger partial charge in [0.1, 0.15) is 23.3 Å². The number of nitrogens with one attached hydrogen (secondary N) is 1. The molecule has 2 aromatic carbocycles. The Hall–Kier alpha value is -3.38. The Balaban J connectivity index is 1.05. The largest absolute Gasteiger partial charge is 0.497 e. The number of benzene rings is 2. The minimum Gasteiger partial charge on any atom is -0.497 e. The topological polar surface area (TPSA) is 63.5 Å². The Labute approximate surface area is 193 Å². The highest BCUT2D eigenvalue weighted by atomic mass is 16.5. The van der Waals surface area contributed by atoms with E-state index in [4.69, 9.17) is 9.47 Å². The first-order valence-corrected chi connectivity index (χ1v) is 11.6. The minimum atomic E-state index is -0.195. The number of pyridine rings is 1. The highest BCUT2D eigenvalue weighted by molar-refractivity contribution is 5.92. The van der Waals surface area contributed by atoms with Crippen LogP contribution in [0.15, 0.2) is 66.9 Å². The van der Waals surface area contributed by atoms with Crippen molar-refractivity contribution in [2.24, 2.45) is 0 Å². The SMILES string of the molecule is COc1cccc(-c2ccc(C(=O)NCc3cccc(OC4CC5CC6C(C4)N56)c3)nc2)c1. The van der Waals surface area contributed by atoms with Gasteiger partial charge in [0.25, 0.3) is 5.91 Å². The third-order valence-electron chi connectivity index (χ3n) is 7.15. The van der Waals surface area contributed by atoms with Crippen LogP contribution in [-0.4, -0.2) is 47.1 Å². The van der Waals surface area contributed by atoms with Gasteiger partial charge in [-0.3, -0.25) is 14.7 Å². The lowest BCUT2D eigenvalue weighted by atomic mass is 10.0. The molecule has 168 valence electrons. The smallest absolute Gasteiger partial charge is 0.270 e. The normalized spacial score (nSPS) is 26.5. The van der Waals surface area contributed by atoms with E-state index in [-0.39, 0.29) is 5.91 Å². The zero-order valence-corrected chi connectivity index (χ0v) is 18.6. The number of fused-ring (bicyclic) bond motifs is 1. The van der Waals surface area contributed by atoms with Crippen molar-refractivity contribution in [3.63, 3.8) is 0 Å². The quantitative estimate of drug-likeness (QED) is 0.561. The Morgan fingerprint density at radius 2 is 1.85 bits per heavy atom. The standard InChI is InChI=1S/C27H27N3O3/c1-32-21-6-3-5-18(11-21)19-8-9-24(28-16-19)27(31)29-15-17-4-2-7-22(10-17)33-23-12-20-13-25-26(14-23)30(20)25/h2-11,16,20,23,25-26H,12-15H2,1H3,(H,29,31). The lowest BCUT2D eigenvalue weighted by Crippen LogP contribution is -2.39. The Bertz CT molecular complexity index is 1170. The molecule has 1 aromatic heterocycles. The van der Waals surface area contributed by atoms with E-state index in [9.17, 15) is 4.79 Å². The summed E-state index contributed by atoms with van der Waals surface area (Å²) in [7, 11) is 1.64. The van der Waals surface area contributed by atoms with Gasteiger partial charge in [-0.05, 0) is 54.3 Å². The maximum absolute atomic E-state index is 12.6. The average molecular weight is 442 g/mol. The van der Waals surface area contributed by atoms with Crippen molar-refractivity contribution in [1.82, 2.24) is 15.2 Å². The van der Waals surface area contributed by atoms with Crippen molar-refractivity contribution >= 4 is 5.91 Å². The summed E-state index contributed by atoms with van der Waals surface area (Å²) in [6, 6.07) is 21.8. The van der Waals surface area contributed by atoms with E-state index in [0.29, 0.717) is 18.3 Å². The summed E-state index contributed by atoms with van der Waals surface area (Å²) in [4.78, 5) is 19.6. The number of nitrogens with zero attached hydrogens (tertiary/aromatic N) is 2. The fraction of sp³-hybridized carbons (Fsp3) is 0.333. The van der Waals surface area contributed by atoms with E-state index in [1.54, 1.807) is 19.4 Å². The molecule has 3 saturated heterocycles. The fourth-order valence-electron chi connectivity index (χ4n) is 5.40. The lowest BCUT2D eigenvalue weighted by molar-refractivity contribution is 0.0927. The second kappa shape index (κ2) is 8.19. The molecule has 0 aliphatic carbocycles. The molecule has 33 heavy (non-hydrogen) atoms. The molecule has 4 heterocycles. The van der Waals surface area contributed by atoms with Crippen molar-refractivity contribution < 1.29 is 14.3 Å². The lowest BCUT2D eigenvalue weighted by Gasteiger charge is -2.33. The Kier molecular flexibility index (Phi) is 5.03. The van der Waals surface area contributed by atoms with Crippen molar-refractivity contribution in [3.8, 4) is 22.6 Å². The van der Waals surface area contributed by atoms with Gasteiger partial charge in [0.2, 0.25) is 0 Å². The first-order valence-electron chi connectivity index (χ1n) is 11.6. The third-order valence-corrected chi connectivity index (χ3v) is 7.15. The zero-order valence-electron chi connectivity index (χ0n) is 18.6. The Morgan fingerprint density at radius 3 is 2.67 bits per heavy atom. The summed E-state index contributed by atoms with van der Waals surface area (Å²) in [5, 5.41) is 2.97. The predicted octanol–water partition coefficient (Wildman–Crippen LogP) is 4.05. The second-order valence-corrected chi connectivity index (χ2v) is 9.18. The number of hydrogen-bond acceptors (Lipinski definition) is 5. The van der Waals surface area contributed by atoms with E-state index >= 15 is 0 Å². The fourth-order valence-corrected chi connectivity index (χ4v) is 5.40. The number of hydrogen-bond donors (Lipinski definition) is 1. The molecule has 6 nitrogen and oxygen atoms in total. The monoisotopic (exact) mass is 441 g/mol. The molecule has 0 bridgehead atoms. The van der Waals surface area contributed by atoms with E-state index < -0.39 is 0 Å². The van der Waals surface area contributed by atoms with Gasteiger partial charge in [-0.15, -0.1) is 0 Å². The second-order valence-electron chi connectivity index (χ2n) is 9.18. The number of methoxy groups -OCH3 is 1. The Morgan fingerprint density at radius 1 is 1.00 bits per heavy atom. The van der Waals surface area contributed by atoms with Gasteiger partial charge in [0.15, 0.2) is 0 Å². The number of aromatic nitrogens is 1. The summed E-state index contributed by atoms with van der Waals surface area (Å²) in [5.41, 5.74) is 3.34. The van der Waals surface area contributed by atoms with Gasteiger partial charge in [0, 0.05) is 42.9 Å². The van der Waals surface area contributed by atoms with Crippen LogP contribution in [0.4, 0.5) is 0 Å². The first kappa shape index (κ1) is 20.2. The maximum atomic E-state index is 12.6. The number of amides is 1. The van der Waals surface area contributed by atoms with Crippen molar-refractivity contribution in [2.45, 2.75) is 50.0 Å². The molecule has 0 saturated carbocycles. The molecule has 3 fully saturated rings. The van der Waals surface area contributed by atoms with Crippen LogP contribution in [0, 0.1) is 0 Å². The van der Waals surface area contributed by atoms with Gasteiger partial charge in [-0.2, -0.15) is 0 Å². The molecular formula is C27H27N3O3. The van der Waals surface area contributed by atoms with Gasteiger partial charge >= 0.3 is 0 Å². The number of ether oxygens (including phenoxy) is 2. The maximum Gasteiger partial charge on any atom is 0.270 e. The minimum absolute atomic E-state index is 0.195. The molecule has 6 rings (SSSR count). The highest BCUT2D eigenvalue weighted by Gasteiger charge is 2.63. The van der Waals surface area contributed by atoms with Gasteiger partial charge in [-0.25, -0.2) is 0 Å². The van der Waals surface area contributed by atoms with Crippen LogP contribution in [-0.2, 0) is 6.54 Å². The molecular weight excluding hydrogens is 414 g/mol. The molecule has 6 heteroatoms. The molecule has 3 aromatic rings. The van der Waals surface area contributed by atoms with Gasteiger partial charge in [-0.1, -0.05) is 30.3 Å². The van der Waals surface area contributed by atoms with Crippen LogP contribution in [0.5, 0.6) is 11.5 Å². The van der Waals surface area contributed by atoms with Crippen LogP contribution < -0.4 is 14.8 Å². The summed E-state index contributed by atoms with van der Waals surface area (Å²) >= 11 is 0. The van der Waals surface area contributed by atoms with Crippen molar-refractivity contribution in [1.29, 1.82) is 0 Å². The van der Waals surface area contributed by atoms with Crippen LogP contribution >= 0.6 is 0 Å². The highest BCUT2D eigenvalue weighted by Crippen LogP contribution is 2.53. The van der Waals surface area contributed by atoms with Gasteiger partial charge in [0.05, 0.1) is 7.11 Å². The van der Waals surface area contributed by atoms with E-state index in [2.05, 4.69) is 15.2 Å². The molecule has 1 amide bonds. The summed E-state index contributed by atoms with van der Waals surface area (Å²) in [6.45, 7) is 0.432. The number of carbonyl (C=O) groups is 1. The summed E-state index contributed by atoms with van der Waals surface area (Å²) in [6.07, 6.45) is 5.64. The molecule has 3 aliphatic rings. The van der Waals surface area contributed by atoms with E-state index in [1.807, 2.05) is 54.6 Å². The third kappa shape index (κ3) is 3.95. The molecule has 0 radical (unpaired) electrons. The first-order chi connectivity index (χ1) is 16.2. The molecule has 5 unspecified atom stereocenters. The molecule has 3 aliphatic heterocycles. The summed E-state index contributed by atoms with van der Waals surface area (Å²) < 4.78 is 11.6. The summed E-state index contributed by atoms with van der Waals surface area (Å²) in [5.74, 6) is 1.48. The van der Waals surface area contributed by atoms with Crippen LogP contribution in [0.3, 0.4) is 0 Å². The van der Waals surface area contributed by atoms with Crippen LogP contribution in [0.1, 0.15) is 35.3 Å². The number of carbonyl (C=O) groups excluding carboxylic acids is 1. The van der Waals surface area contributed by atoms with Gasteiger partial charge < -0.3 is 14.8 Å². The number of rotatable bonds is 7. The molecule has 5 atom stereocenters. The van der Waals surface area contributed by atoms with E-state index in [0.717, 1.165) is 59.2 Å². The average Bonchev–Trinajstić information content (AvgIpc) is 3.50. The molecule has 0 spiro atoms. The van der Waals surface area contributed by atoms with E-state index in [1.165, 1.54) is 6.42 Å². The van der Waals surface area contributed by atoms with Crippen LogP contribution in [0.25, 0.3) is 11.1 Å². The van der Waals surface area contributed by atoms with Crippen molar-refractivity contribution in [3.05, 3.63) is 78.1 Å².